The van der Waals surface area contributed by atoms with Crippen molar-refractivity contribution in [2.45, 2.75) is 44.3 Å². The van der Waals surface area contributed by atoms with Crippen LogP contribution in [0.15, 0.2) is 73.1 Å². The number of pyridine rings is 1. The van der Waals surface area contributed by atoms with E-state index in [2.05, 4.69) is 25.7 Å². The Labute approximate surface area is 217 Å². The highest BCUT2D eigenvalue weighted by Crippen LogP contribution is 2.30. The van der Waals surface area contributed by atoms with Crippen LogP contribution in [0.5, 0.6) is 0 Å². The second kappa shape index (κ2) is 11.2. The lowest BCUT2D eigenvalue weighted by Gasteiger charge is -2.32. The Hall–Kier alpha value is -4.54. The maximum Gasteiger partial charge on any atom is 0.251 e. The highest BCUT2D eigenvalue weighted by molar-refractivity contribution is 6.01. The molecule has 0 unspecified atom stereocenters. The molecular formula is C27H25F2N7O2. The first-order valence-electron chi connectivity index (χ1n) is 12.3. The number of rotatable bonds is 8. The molecule has 9 nitrogen and oxygen atoms in total. The number of benzene rings is 2. The number of hydrogen-bond donors (Lipinski definition) is 1. The van der Waals surface area contributed by atoms with E-state index in [1.165, 1.54) is 59.8 Å². The molecule has 1 fully saturated rings. The summed E-state index contributed by atoms with van der Waals surface area (Å²) in [5, 5.41) is 15.2. The molecule has 11 heteroatoms. The fourth-order valence-corrected chi connectivity index (χ4v) is 4.60. The molecule has 4 aromatic rings. The van der Waals surface area contributed by atoms with Gasteiger partial charge in [0.15, 0.2) is 0 Å². The lowest BCUT2D eigenvalue weighted by molar-refractivity contribution is -0.127. The fraction of sp³-hybridized carbons (Fsp3) is 0.259. The van der Waals surface area contributed by atoms with Gasteiger partial charge in [0.2, 0.25) is 11.7 Å². The molecule has 1 aliphatic rings. The number of tetrazole rings is 1. The zero-order chi connectivity index (χ0) is 26.5. The minimum atomic E-state index is -1.09. The fourth-order valence-electron chi connectivity index (χ4n) is 4.60. The SMILES string of the molecule is O=C(NC1CCCC1)[C@@H](c1ccncc1)N(C(=O)Cn1nnc(-c2ccc(F)cc2)n1)c1cccc(F)c1. The van der Waals surface area contributed by atoms with Crippen LogP contribution in [-0.4, -0.2) is 43.0 Å². The Morgan fingerprint density at radius 3 is 2.45 bits per heavy atom. The summed E-state index contributed by atoms with van der Waals surface area (Å²) < 4.78 is 27.6. The third-order valence-electron chi connectivity index (χ3n) is 6.42. The van der Waals surface area contributed by atoms with Gasteiger partial charge in [0.1, 0.15) is 24.2 Å². The largest absolute Gasteiger partial charge is 0.351 e. The van der Waals surface area contributed by atoms with Gasteiger partial charge < -0.3 is 5.32 Å². The molecule has 2 heterocycles. The number of nitrogens with zero attached hydrogens (tertiary/aromatic N) is 6. The van der Waals surface area contributed by atoms with Gasteiger partial charge in [0.25, 0.3) is 5.91 Å². The number of nitrogens with one attached hydrogen (secondary N) is 1. The average Bonchev–Trinajstić information content (AvgIpc) is 3.60. The maximum atomic E-state index is 14.3. The van der Waals surface area contributed by atoms with E-state index >= 15 is 0 Å². The quantitative estimate of drug-likeness (QED) is 0.381. The van der Waals surface area contributed by atoms with Gasteiger partial charge in [0.05, 0.1) is 0 Å². The monoisotopic (exact) mass is 517 g/mol. The summed E-state index contributed by atoms with van der Waals surface area (Å²) in [7, 11) is 0. The summed E-state index contributed by atoms with van der Waals surface area (Å²) in [4.78, 5) is 33.9. The first-order valence-corrected chi connectivity index (χ1v) is 12.3. The van der Waals surface area contributed by atoms with Crippen LogP contribution in [0.4, 0.5) is 14.5 Å². The number of aromatic nitrogens is 5. The zero-order valence-electron chi connectivity index (χ0n) is 20.4. The summed E-state index contributed by atoms with van der Waals surface area (Å²) in [5.41, 5.74) is 1.25. The Balaban J connectivity index is 1.49. The smallest absolute Gasteiger partial charge is 0.251 e. The highest BCUT2D eigenvalue weighted by Gasteiger charge is 2.35. The van der Waals surface area contributed by atoms with Crippen molar-refractivity contribution >= 4 is 17.5 Å². The van der Waals surface area contributed by atoms with E-state index in [1.54, 1.807) is 18.2 Å². The third-order valence-corrected chi connectivity index (χ3v) is 6.42. The predicted octanol–water partition coefficient (Wildman–Crippen LogP) is 3.85. The third kappa shape index (κ3) is 5.72. The molecule has 1 atom stereocenters. The van der Waals surface area contributed by atoms with Crippen molar-refractivity contribution in [2.24, 2.45) is 0 Å². The van der Waals surface area contributed by atoms with E-state index in [0.717, 1.165) is 30.5 Å². The Morgan fingerprint density at radius 2 is 1.74 bits per heavy atom. The molecule has 1 aliphatic carbocycles. The standard InChI is InChI=1S/C27H25F2N7O2/c28-20-10-8-19(9-11-20)26-32-34-35(33-26)17-24(37)36(23-7-3-4-21(29)16-23)25(18-12-14-30-15-13-18)27(38)31-22-5-1-2-6-22/h3-4,7-16,22,25H,1-2,5-6,17H2,(H,31,38)/t25-/m1/s1. The van der Waals surface area contributed by atoms with E-state index in [1.807, 2.05) is 0 Å². The molecule has 5 rings (SSSR count). The minimum absolute atomic E-state index is 0.00606. The molecule has 0 radical (unpaired) electrons. The summed E-state index contributed by atoms with van der Waals surface area (Å²) in [6.07, 6.45) is 6.83. The number of amides is 2. The van der Waals surface area contributed by atoms with Crippen molar-refractivity contribution in [3.05, 3.63) is 90.3 Å². The van der Waals surface area contributed by atoms with Gasteiger partial charge in [-0.2, -0.15) is 4.80 Å². The van der Waals surface area contributed by atoms with Crippen molar-refractivity contribution in [3.63, 3.8) is 0 Å². The lowest BCUT2D eigenvalue weighted by atomic mass is 10.0. The first-order chi connectivity index (χ1) is 18.5. The zero-order valence-corrected chi connectivity index (χ0v) is 20.4. The minimum Gasteiger partial charge on any atom is -0.351 e. The van der Waals surface area contributed by atoms with Crippen molar-refractivity contribution in [3.8, 4) is 11.4 Å². The summed E-state index contributed by atoms with van der Waals surface area (Å²) in [6.45, 7) is -0.372. The van der Waals surface area contributed by atoms with Gasteiger partial charge >= 0.3 is 0 Å². The first kappa shape index (κ1) is 25.1. The van der Waals surface area contributed by atoms with Crippen LogP contribution in [0.1, 0.15) is 37.3 Å². The summed E-state index contributed by atoms with van der Waals surface area (Å²) >= 11 is 0. The molecule has 38 heavy (non-hydrogen) atoms. The second-order valence-electron chi connectivity index (χ2n) is 9.07. The lowest BCUT2D eigenvalue weighted by Crippen LogP contribution is -2.47. The van der Waals surface area contributed by atoms with Gasteiger partial charge in [-0.25, -0.2) is 8.78 Å². The summed E-state index contributed by atoms with van der Waals surface area (Å²) in [5.74, 6) is -1.68. The molecule has 2 amide bonds. The number of hydrogen-bond acceptors (Lipinski definition) is 6. The van der Waals surface area contributed by atoms with Gasteiger partial charge in [-0.3, -0.25) is 19.5 Å². The van der Waals surface area contributed by atoms with Crippen molar-refractivity contribution in [2.75, 3.05) is 4.90 Å². The maximum absolute atomic E-state index is 14.3. The van der Waals surface area contributed by atoms with Gasteiger partial charge in [0, 0.05) is 29.7 Å². The van der Waals surface area contributed by atoms with Crippen LogP contribution in [0.25, 0.3) is 11.4 Å². The van der Waals surface area contributed by atoms with E-state index < -0.39 is 23.6 Å². The molecule has 194 valence electrons. The second-order valence-corrected chi connectivity index (χ2v) is 9.07. The molecule has 0 aliphatic heterocycles. The van der Waals surface area contributed by atoms with Crippen LogP contribution in [0.3, 0.4) is 0 Å². The molecule has 2 aromatic carbocycles. The molecule has 1 N–H and O–H groups in total. The Kier molecular flexibility index (Phi) is 7.43. The molecule has 2 aromatic heterocycles. The van der Waals surface area contributed by atoms with Crippen molar-refractivity contribution in [1.82, 2.24) is 30.5 Å². The van der Waals surface area contributed by atoms with E-state index in [-0.39, 0.29) is 30.0 Å². The average molecular weight is 518 g/mol. The van der Waals surface area contributed by atoms with E-state index in [9.17, 15) is 18.4 Å². The molecule has 1 saturated carbocycles. The topological polar surface area (TPSA) is 106 Å². The molecule has 0 saturated heterocycles. The number of carbonyl (C=O) groups is 2. The van der Waals surface area contributed by atoms with Crippen LogP contribution < -0.4 is 10.2 Å². The van der Waals surface area contributed by atoms with Crippen molar-refractivity contribution < 1.29 is 18.4 Å². The Morgan fingerprint density at radius 1 is 1.00 bits per heavy atom. The van der Waals surface area contributed by atoms with E-state index in [4.69, 9.17) is 0 Å². The summed E-state index contributed by atoms with van der Waals surface area (Å²) in [6, 6.07) is 13.3. The highest BCUT2D eigenvalue weighted by atomic mass is 19.1. The van der Waals surface area contributed by atoms with Crippen LogP contribution in [0, 0.1) is 11.6 Å². The van der Waals surface area contributed by atoms with Crippen molar-refractivity contribution in [1.29, 1.82) is 0 Å². The van der Waals surface area contributed by atoms with Gasteiger partial charge in [-0.15, -0.1) is 10.2 Å². The van der Waals surface area contributed by atoms with Gasteiger partial charge in [-0.05, 0) is 78.2 Å². The number of carbonyl (C=O) groups excluding carboxylic acids is 2. The molecule has 0 spiro atoms. The molecular weight excluding hydrogens is 492 g/mol. The number of anilines is 1. The van der Waals surface area contributed by atoms with Crippen LogP contribution >= 0.6 is 0 Å². The van der Waals surface area contributed by atoms with Crippen LogP contribution in [0.2, 0.25) is 0 Å². The normalized spacial score (nSPS) is 14.3. The Bertz CT molecular complexity index is 1410. The van der Waals surface area contributed by atoms with E-state index in [0.29, 0.717) is 11.1 Å². The molecule has 0 bridgehead atoms. The van der Waals surface area contributed by atoms with Gasteiger partial charge in [-0.1, -0.05) is 18.9 Å². The van der Waals surface area contributed by atoms with Crippen LogP contribution in [-0.2, 0) is 16.1 Å². The predicted molar refractivity (Wildman–Crippen MR) is 134 cm³/mol. The number of halogens is 2.